The lowest BCUT2D eigenvalue weighted by molar-refractivity contribution is 0.209. The summed E-state index contributed by atoms with van der Waals surface area (Å²) in [7, 11) is 1.62. The molecule has 0 spiro atoms. The molecule has 0 bridgehead atoms. The zero-order chi connectivity index (χ0) is 10.4. The molecule has 0 heterocycles. The molecule has 1 saturated carbocycles. The van der Waals surface area contributed by atoms with Gasteiger partial charge in [0.15, 0.2) is 0 Å². The summed E-state index contributed by atoms with van der Waals surface area (Å²) in [6.07, 6.45) is 8.43. The smallest absolute Gasteiger partial charge is 0.106 e. The highest BCUT2D eigenvalue weighted by Gasteiger charge is 2.17. The minimum atomic E-state index is 0.582. The van der Waals surface area contributed by atoms with Gasteiger partial charge in [0.25, 0.3) is 0 Å². The van der Waals surface area contributed by atoms with Gasteiger partial charge in [0.1, 0.15) is 7.11 Å². The molecule has 1 aliphatic rings. The van der Waals surface area contributed by atoms with Crippen LogP contribution in [0.4, 0.5) is 0 Å². The fraction of sp³-hybridized carbons (Fsp3) is 0.917. The maximum absolute atomic E-state index is 4.80. The molecule has 0 aromatic rings. The van der Waals surface area contributed by atoms with Crippen molar-refractivity contribution in [3.8, 4) is 0 Å². The summed E-state index contributed by atoms with van der Waals surface area (Å²) in [4.78, 5) is 4.80. The molecule has 0 aromatic heterocycles. The van der Waals surface area contributed by atoms with E-state index in [4.69, 9.17) is 4.84 Å². The van der Waals surface area contributed by atoms with Crippen LogP contribution in [0, 0.1) is 11.8 Å². The third-order valence-corrected chi connectivity index (χ3v) is 3.36. The zero-order valence-corrected chi connectivity index (χ0v) is 9.75. The van der Waals surface area contributed by atoms with Crippen LogP contribution >= 0.6 is 0 Å². The van der Waals surface area contributed by atoms with Gasteiger partial charge in [-0.1, -0.05) is 44.2 Å². The molecule has 0 radical (unpaired) electrons. The van der Waals surface area contributed by atoms with Gasteiger partial charge in [0.2, 0.25) is 0 Å². The van der Waals surface area contributed by atoms with Crippen molar-refractivity contribution in [3.63, 3.8) is 0 Å². The van der Waals surface area contributed by atoms with Crippen LogP contribution in [0.5, 0.6) is 0 Å². The summed E-state index contributed by atoms with van der Waals surface area (Å²) in [5, 5.41) is 4.01. The normalized spacial score (nSPS) is 22.1. The maximum atomic E-state index is 4.80. The molecule has 0 saturated heterocycles. The fourth-order valence-electron chi connectivity index (χ4n) is 2.33. The topological polar surface area (TPSA) is 21.6 Å². The molecule has 14 heavy (non-hydrogen) atoms. The summed E-state index contributed by atoms with van der Waals surface area (Å²) in [6.45, 7) is 4.32. The van der Waals surface area contributed by atoms with Crippen LogP contribution in [0.15, 0.2) is 5.16 Å². The van der Waals surface area contributed by atoms with Crippen molar-refractivity contribution >= 4 is 5.71 Å². The van der Waals surface area contributed by atoms with Gasteiger partial charge in [0, 0.05) is 0 Å². The average Bonchev–Trinajstić information content (AvgIpc) is 2.19. The Hall–Kier alpha value is -0.530. The van der Waals surface area contributed by atoms with Gasteiger partial charge in [-0.25, -0.2) is 0 Å². The van der Waals surface area contributed by atoms with Crippen molar-refractivity contribution in [1.82, 2.24) is 0 Å². The van der Waals surface area contributed by atoms with E-state index >= 15 is 0 Å². The van der Waals surface area contributed by atoms with E-state index in [9.17, 15) is 0 Å². The van der Waals surface area contributed by atoms with Crippen LogP contribution in [0.1, 0.15) is 52.4 Å². The first-order valence-corrected chi connectivity index (χ1v) is 5.81. The second-order valence-corrected chi connectivity index (χ2v) is 4.56. The van der Waals surface area contributed by atoms with Gasteiger partial charge in [-0.15, -0.1) is 0 Å². The predicted molar refractivity (Wildman–Crippen MR) is 60.5 cm³/mol. The van der Waals surface area contributed by atoms with Crippen molar-refractivity contribution in [3.05, 3.63) is 0 Å². The Morgan fingerprint density at radius 1 is 1.36 bits per heavy atom. The summed E-state index contributed by atoms with van der Waals surface area (Å²) < 4.78 is 0. The van der Waals surface area contributed by atoms with E-state index < -0.39 is 0 Å². The van der Waals surface area contributed by atoms with Crippen LogP contribution in [0.3, 0.4) is 0 Å². The highest BCUT2D eigenvalue weighted by molar-refractivity contribution is 5.83. The van der Waals surface area contributed by atoms with E-state index in [0.29, 0.717) is 5.92 Å². The lowest BCUT2D eigenvalue weighted by Crippen LogP contribution is -2.15. The van der Waals surface area contributed by atoms with Gasteiger partial charge >= 0.3 is 0 Å². The zero-order valence-electron chi connectivity index (χ0n) is 9.75. The Bertz CT molecular complexity index is 183. The molecular formula is C12H23NO. The maximum Gasteiger partial charge on any atom is 0.106 e. The van der Waals surface area contributed by atoms with Gasteiger partial charge in [-0.05, 0) is 25.2 Å². The summed E-state index contributed by atoms with van der Waals surface area (Å²) in [5.41, 5.74) is 1.14. The Labute approximate surface area is 87.7 Å². The number of hydrogen-bond donors (Lipinski definition) is 0. The lowest BCUT2D eigenvalue weighted by atomic mass is 9.82. The molecular weight excluding hydrogens is 174 g/mol. The third kappa shape index (κ3) is 3.69. The predicted octanol–water partition coefficient (Wildman–Crippen LogP) is 3.62. The number of oxime groups is 1. The average molecular weight is 197 g/mol. The molecule has 0 aromatic carbocycles. The van der Waals surface area contributed by atoms with Gasteiger partial charge in [-0.2, -0.15) is 0 Å². The van der Waals surface area contributed by atoms with Crippen molar-refractivity contribution in [2.45, 2.75) is 52.4 Å². The van der Waals surface area contributed by atoms with E-state index in [-0.39, 0.29) is 0 Å². The molecule has 2 heteroatoms. The first-order chi connectivity index (χ1) is 6.74. The van der Waals surface area contributed by atoms with Gasteiger partial charge in [-0.3, -0.25) is 0 Å². The summed E-state index contributed by atoms with van der Waals surface area (Å²) in [5.74, 6) is 1.51. The molecule has 1 fully saturated rings. The minimum Gasteiger partial charge on any atom is -0.399 e. The molecule has 82 valence electrons. The third-order valence-electron chi connectivity index (χ3n) is 3.36. The van der Waals surface area contributed by atoms with Crippen molar-refractivity contribution in [2.24, 2.45) is 17.0 Å². The monoisotopic (exact) mass is 197 g/mol. The lowest BCUT2D eigenvalue weighted by Gasteiger charge is -2.24. The Morgan fingerprint density at radius 3 is 2.57 bits per heavy atom. The van der Waals surface area contributed by atoms with Gasteiger partial charge in [0.05, 0.1) is 5.71 Å². The van der Waals surface area contributed by atoms with E-state index in [1.54, 1.807) is 7.11 Å². The van der Waals surface area contributed by atoms with Crippen LogP contribution in [-0.4, -0.2) is 12.8 Å². The van der Waals surface area contributed by atoms with E-state index in [0.717, 1.165) is 11.6 Å². The largest absolute Gasteiger partial charge is 0.399 e. The fourth-order valence-corrected chi connectivity index (χ4v) is 2.33. The van der Waals surface area contributed by atoms with Crippen LogP contribution < -0.4 is 0 Å². The first kappa shape index (κ1) is 11.5. The quantitative estimate of drug-likeness (QED) is 0.498. The van der Waals surface area contributed by atoms with Gasteiger partial charge < -0.3 is 4.84 Å². The molecule has 2 nitrogen and oxygen atoms in total. The van der Waals surface area contributed by atoms with E-state index in [1.165, 1.54) is 38.5 Å². The standard InChI is InChI=1S/C12H23NO/c1-10(11(2)13-14-3)9-12-7-5-4-6-8-12/h10,12H,4-9H2,1-3H3. The summed E-state index contributed by atoms with van der Waals surface area (Å²) in [6, 6.07) is 0. The van der Waals surface area contributed by atoms with Crippen LogP contribution in [0.2, 0.25) is 0 Å². The molecule has 1 unspecified atom stereocenters. The summed E-state index contributed by atoms with van der Waals surface area (Å²) >= 11 is 0. The molecule has 0 aliphatic heterocycles. The molecule has 0 amide bonds. The van der Waals surface area contributed by atoms with Crippen LogP contribution in [-0.2, 0) is 4.84 Å². The number of nitrogens with zero attached hydrogens (tertiary/aromatic N) is 1. The minimum absolute atomic E-state index is 0.582. The van der Waals surface area contributed by atoms with E-state index in [1.807, 2.05) is 0 Å². The SMILES string of the molecule is CON=C(C)C(C)CC1CCCCC1. The molecule has 1 atom stereocenters. The van der Waals surface area contributed by atoms with Crippen molar-refractivity contribution < 1.29 is 4.84 Å². The second kappa shape index (κ2) is 6.05. The molecule has 0 N–H and O–H groups in total. The highest BCUT2D eigenvalue weighted by Crippen LogP contribution is 2.29. The van der Waals surface area contributed by atoms with Crippen molar-refractivity contribution in [2.75, 3.05) is 7.11 Å². The molecule has 1 aliphatic carbocycles. The second-order valence-electron chi connectivity index (χ2n) is 4.56. The van der Waals surface area contributed by atoms with Crippen LogP contribution in [0.25, 0.3) is 0 Å². The first-order valence-electron chi connectivity index (χ1n) is 5.81. The Balaban J connectivity index is 2.31. The Morgan fingerprint density at radius 2 is 2.00 bits per heavy atom. The highest BCUT2D eigenvalue weighted by atomic mass is 16.6. The van der Waals surface area contributed by atoms with Crippen molar-refractivity contribution in [1.29, 1.82) is 0 Å². The number of rotatable bonds is 4. The number of hydrogen-bond acceptors (Lipinski definition) is 2. The Kier molecular flexibility index (Phi) is 4.99. The van der Waals surface area contributed by atoms with E-state index in [2.05, 4.69) is 19.0 Å². The molecule has 1 rings (SSSR count).